The molecular weight excluding hydrogens is 323 g/mol. The maximum atomic E-state index is 13.6. The van der Waals surface area contributed by atoms with Crippen molar-refractivity contribution in [3.8, 4) is 0 Å². The number of carbonyl (C=O) groups is 1. The zero-order valence-electron chi connectivity index (χ0n) is 11.2. The van der Waals surface area contributed by atoms with Crippen LogP contribution in [0.5, 0.6) is 0 Å². The molecule has 0 aliphatic carbocycles. The second-order valence-corrected chi connectivity index (χ2v) is 4.32. The number of halogens is 5. The molecule has 0 radical (unpaired) electrons. The highest BCUT2D eigenvalue weighted by Gasteiger charge is 2.44. The van der Waals surface area contributed by atoms with E-state index in [1.807, 2.05) is 5.32 Å². The minimum Gasteiger partial charge on any atom is -0.322 e. The Labute approximate surface area is 126 Å². The maximum Gasteiger partial charge on any atom is 0.413 e. The highest BCUT2D eigenvalue weighted by Crippen LogP contribution is 2.35. The van der Waals surface area contributed by atoms with E-state index in [1.165, 1.54) is 23.6 Å². The summed E-state index contributed by atoms with van der Waals surface area (Å²) in [6.45, 7) is 0. The molecular formula is C13H9F5N4O. The van der Waals surface area contributed by atoms with Crippen molar-refractivity contribution in [2.24, 2.45) is 0 Å². The molecule has 0 bridgehead atoms. The molecule has 0 fully saturated rings. The van der Waals surface area contributed by atoms with Gasteiger partial charge in [0.05, 0.1) is 5.56 Å². The van der Waals surface area contributed by atoms with Gasteiger partial charge in [-0.2, -0.15) is 18.3 Å². The van der Waals surface area contributed by atoms with Gasteiger partial charge >= 0.3 is 12.2 Å². The highest BCUT2D eigenvalue weighted by atomic mass is 19.4. The normalized spacial score (nSPS) is 12.6. The van der Waals surface area contributed by atoms with Gasteiger partial charge in [-0.05, 0) is 24.3 Å². The van der Waals surface area contributed by atoms with E-state index >= 15 is 0 Å². The van der Waals surface area contributed by atoms with Gasteiger partial charge in [0.1, 0.15) is 11.6 Å². The van der Waals surface area contributed by atoms with Crippen LogP contribution in [-0.4, -0.2) is 22.4 Å². The summed E-state index contributed by atoms with van der Waals surface area (Å²) in [7, 11) is 0. The summed E-state index contributed by atoms with van der Waals surface area (Å²) in [6.07, 6.45) is -3.82. The number of anilines is 1. The average molecular weight is 332 g/mol. The second-order valence-electron chi connectivity index (χ2n) is 4.32. The Kier molecular flexibility index (Phi) is 4.72. The van der Waals surface area contributed by atoms with Gasteiger partial charge in [-0.1, -0.05) is 6.07 Å². The van der Waals surface area contributed by atoms with Crippen LogP contribution in [0, 0.1) is 11.6 Å². The van der Waals surface area contributed by atoms with Gasteiger partial charge in [0, 0.05) is 6.20 Å². The van der Waals surface area contributed by atoms with Gasteiger partial charge in [-0.15, -0.1) is 5.10 Å². The van der Waals surface area contributed by atoms with Crippen LogP contribution in [-0.2, 0) is 0 Å². The molecule has 1 atom stereocenters. The van der Waals surface area contributed by atoms with Crippen molar-refractivity contribution in [1.82, 2.24) is 15.5 Å². The number of nitrogens with one attached hydrogen (secondary N) is 2. The molecule has 0 saturated heterocycles. The molecule has 0 saturated carbocycles. The first-order valence-corrected chi connectivity index (χ1v) is 6.15. The number of amides is 2. The monoisotopic (exact) mass is 332 g/mol. The fourth-order valence-corrected chi connectivity index (χ4v) is 1.76. The molecule has 0 unspecified atom stereocenters. The lowest BCUT2D eigenvalue weighted by molar-refractivity contribution is -0.155. The van der Waals surface area contributed by atoms with E-state index in [2.05, 4.69) is 10.2 Å². The topological polar surface area (TPSA) is 66.9 Å². The summed E-state index contributed by atoms with van der Waals surface area (Å²) in [5.74, 6) is -2.97. The van der Waals surface area contributed by atoms with Crippen LogP contribution >= 0.6 is 0 Å². The van der Waals surface area contributed by atoms with Gasteiger partial charge in [0.15, 0.2) is 11.9 Å². The molecule has 1 heterocycles. The van der Waals surface area contributed by atoms with Crippen molar-refractivity contribution in [3.05, 3.63) is 53.7 Å². The van der Waals surface area contributed by atoms with E-state index in [-0.39, 0.29) is 5.82 Å². The molecule has 1 aromatic carbocycles. The van der Waals surface area contributed by atoms with E-state index in [0.717, 1.165) is 6.07 Å². The lowest BCUT2D eigenvalue weighted by Gasteiger charge is -2.22. The zero-order valence-corrected chi connectivity index (χ0v) is 11.2. The highest BCUT2D eigenvalue weighted by molar-refractivity contribution is 5.88. The molecule has 2 amide bonds. The van der Waals surface area contributed by atoms with Crippen molar-refractivity contribution in [1.29, 1.82) is 0 Å². The number of carbonyl (C=O) groups excluding carboxylic acids is 1. The summed E-state index contributed by atoms with van der Waals surface area (Å²) >= 11 is 0. The van der Waals surface area contributed by atoms with Gasteiger partial charge < -0.3 is 5.32 Å². The van der Waals surface area contributed by atoms with E-state index < -0.39 is 35.4 Å². The van der Waals surface area contributed by atoms with E-state index in [9.17, 15) is 26.7 Å². The second kappa shape index (κ2) is 6.55. The molecule has 0 spiro atoms. The number of rotatable bonds is 3. The molecule has 2 N–H and O–H groups in total. The molecule has 23 heavy (non-hydrogen) atoms. The van der Waals surface area contributed by atoms with Crippen LogP contribution < -0.4 is 10.6 Å². The van der Waals surface area contributed by atoms with Gasteiger partial charge in [-0.3, -0.25) is 5.32 Å². The van der Waals surface area contributed by atoms with Crippen molar-refractivity contribution >= 4 is 11.8 Å². The SMILES string of the molecule is O=C(Nc1cccnn1)N[C@@H](c1c(F)cccc1F)C(F)(F)F. The molecule has 0 aliphatic heterocycles. The predicted octanol–water partition coefficient (Wildman–Crippen LogP) is 3.18. The van der Waals surface area contributed by atoms with Crippen LogP contribution in [0.2, 0.25) is 0 Å². The van der Waals surface area contributed by atoms with Crippen LogP contribution in [0.1, 0.15) is 11.6 Å². The first-order valence-electron chi connectivity index (χ1n) is 6.15. The third-order valence-corrected chi connectivity index (χ3v) is 2.71. The first-order chi connectivity index (χ1) is 10.8. The fraction of sp³-hybridized carbons (Fsp3) is 0.154. The summed E-state index contributed by atoms with van der Waals surface area (Å²) in [5.41, 5.74) is -1.30. The smallest absolute Gasteiger partial charge is 0.322 e. The largest absolute Gasteiger partial charge is 0.413 e. The van der Waals surface area contributed by atoms with Gasteiger partial charge in [0.25, 0.3) is 0 Å². The quantitative estimate of drug-likeness (QED) is 0.849. The Hall–Kier alpha value is -2.78. The Morgan fingerprint density at radius 3 is 2.26 bits per heavy atom. The minimum atomic E-state index is -5.11. The van der Waals surface area contributed by atoms with Gasteiger partial charge in [0.2, 0.25) is 0 Å². The number of urea groups is 1. The lowest BCUT2D eigenvalue weighted by atomic mass is 10.1. The Morgan fingerprint density at radius 2 is 1.74 bits per heavy atom. The predicted molar refractivity (Wildman–Crippen MR) is 69.3 cm³/mol. The van der Waals surface area contributed by atoms with E-state index in [1.54, 1.807) is 0 Å². The van der Waals surface area contributed by atoms with E-state index in [4.69, 9.17) is 0 Å². The molecule has 2 rings (SSSR count). The van der Waals surface area contributed by atoms with Crippen LogP contribution in [0.15, 0.2) is 36.5 Å². The molecule has 0 aliphatic rings. The number of benzene rings is 1. The Morgan fingerprint density at radius 1 is 1.09 bits per heavy atom. The summed E-state index contributed by atoms with van der Waals surface area (Å²) < 4.78 is 66.3. The van der Waals surface area contributed by atoms with Crippen molar-refractivity contribution in [2.45, 2.75) is 12.2 Å². The molecule has 10 heteroatoms. The summed E-state index contributed by atoms with van der Waals surface area (Å²) in [4.78, 5) is 11.6. The van der Waals surface area contributed by atoms with Crippen LogP contribution in [0.4, 0.5) is 32.6 Å². The minimum absolute atomic E-state index is 0.125. The molecule has 5 nitrogen and oxygen atoms in total. The van der Waals surface area contributed by atoms with Crippen molar-refractivity contribution < 1.29 is 26.7 Å². The third-order valence-electron chi connectivity index (χ3n) is 2.71. The molecule has 2 aromatic rings. The number of aromatic nitrogens is 2. The standard InChI is InChI=1S/C13H9F5N4O/c14-7-3-1-4-8(15)10(7)11(13(16,17)18)21-12(23)20-9-5-2-6-19-22-9/h1-6,11H,(H2,20,21,22,23)/t11-/m0/s1. The number of hydrogen-bond donors (Lipinski definition) is 2. The van der Waals surface area contributed by atoms with E-state index in [0.29, 0.717) is 12.1 Å². The zero-order chi connectivity index (χ0) is 17.0. The Balaban J connectivity index is 2.25. The summed E-state index contributed by atoms with van der Waals surface area (Å²) in [5, 5.41) is 10.3. The van der Waals surface area contributed by atoms with Gasteiger partial charge in [-0.25, -0.2) is 13.6 Å². The first kappa shape index (κ1) is 16.6. The Bertz CT molecular complexity index is 672. The molecule has 1 aromatic heterocycles. The van der Waals surface area contributed by atoms with Crippen molar-refractivity contribution in [2.75, 3.05) is 5.32 Å². The van der Waals surface area contributed by atoms with Crippen molar-refractivity contribution in [3.63, 3.8) is 0 Å². The van der Waals surface area contributed by atoms with Crippen LogP contribution in [0.25, 0.3) is 0 Å². The maximum absolute atomic E-state index is 13.6. The third kappa shape index (κ3) is 4.11. The fourth-order valence-electron chi connectivity index (χ4n) is 1.76. The summed E-state index contributed by atoms with van der Waals surface area (Å²) in [6, 6.07) is 0.718. The number of alkyl halides is 3. The number of hydrogen-bond acceptors (Lipinski definition) is 3. The average Bonchev–Trinajstić information content (AvgIpc) is 2.46. The molecule has 122 valence electrons. The van der Waals surface area contributed by atoms with Crippen LogP contribution in [0.3, 0.4) is 0 Å². The lowest BCUT2D eigenvalue weighted by Crippen LogP contribution is -2.41. The number of nitrogens with zero attached hydrogens (tertiary/aromatic N) is 2.